The Morgan fingerprint density at radius 1 is 1.56 bits per heavy atom. The Labute approximate surface area is 92.5 Å². The van der Waals surface area contributed by atoms with Gasteiger partial charge in [-0.1, -0.05) is 13.8 Å². The van der Waals surface area contributed by atoms with Crippen LogP contribution >= 0.6 is 0 Å². The molecule has 0 atom stereocenters. The average molecular weight is 226 g/mol. The summed E-state index contributed by atoms with van der Waals surface area (Å²) >= 11 is 0. The Bertz CT molecular complexity index is 361. The number of nitrogens with zero attached hydrogens (tertiary/aromatic N) is 3. The van der Waals surface area contributed by atoms with Crippen molar-refractivity contribution in [2.45, 2.75) is 13.8 Å². The van der Waals surface area contributed by atoms with E-state index in [1.807, 2.05) is 13.8 Å². The normalized spacial score (nSPS) is 10.4. The van der Waals surface area contributed by atoms with Crippen molar-refractivity contribution in [1.29, 1.82) is 0 Å². The highest BCUT2D eigenvalue weighted by molar-refractivity contribution is 5.92. The van der Waals surface area contributed by atoms with Gasteiger partial charge in [0.2, 0.25) is 5.82 Å². The number of carboxylic acids is 1. The summed E-state index contributed by atoms with van der Waals surface area (Å²) in [7, 11) is 0. The molecule has 0 spiro atoms. The zero-order valence-electron chi connectivity index (χ0n) is 9.17. The fourth-order valence-corrected chi connectivity index (χ4v) is 1.28. The lowest BCUT2D eigenvalue weighted by Crippen LogP contribution is -2.38. The van der Waals surface area contributed by atoms with Gasteiger partial charge in [0.15, 0.2) is 0 Å². The van der Waals surface area contributed by atoms with Crippen molar-refractivity contribution in [3.63, 3.8) is 0 Å². The van der Waals surface area contributed by atoms with Gasteiger partial charge in [0.05, 0.1) is 0 Å². The van der Waals surface area contributed by atoms with E-state index in [1.54, 1.807) is 0 Å². The Morgan fingerprint density at radius 3 is 2.69 bits per heavy atom. The molecule has 1 aromatic rings. The van der Waals surface area contributed by atoms with Crippen LogP contribution in [0.15, 0.2) is 6.33 Å². The average Bonchev–Trinajstić information content (AvgIpc) is 2.66. The van der Waals surface area contributed by atoms with Crippen molar-refractivity contribution >= 4 is 11.9 Å². The molecule has 0 radical (unpaired) electrons. The van der Waals surface area contributed by atoms with Gasteiger partial charge in [-0.05, 0) is 5.92 Å². The molecule has 7 heteroatoms. The summed E-state index contributed by atoms with van der Waals surface area (Å²) in [5.41, 5.74) is 0. The molecule has 1 amide bonds. The van der Waals surface area contributed by atoms with E-state index in [4.69, 9.17) is 5.11 Å². The lowest BCUT2D eigenvalue weighted by molar-refractivity contribution is -0.137. The van der Waals surface area contributed by atoms with Gasteiger partial charge in [-0.2, -0.15) is 5.10 Å². The molecule has 88 valence electrons. The number of rotatable bonds is 5. The highest BCUT2D eigenvalue weighted by Crippen LogP contribution is 2.03. The Morgan fingerprint density at radius 2 is 2.25 bits per heavy atom. The van der Waals surface area contributed by atoms with Crippen LogP contribution in [0.5, 0.6) is 0 Å². The van der Waals surface area contributed by atoms with Gasteiger partial charge in [-0.3, -0.25) is 14.7 Å². The third-order valence-corrected chi connectivity index (χ3v) is 1.82. The number of hydrogen-bond acceptors (Lipinski definition) is 4. The number of nitrogens with one attached hydrogen (secondary N) is 1. The molecule has 0 aliphatic carbocycles. The minimum absolute atomic E-state index is 0.0573. The second-order valence-electron chi connectivity index (χ2n) is 3.81. The molecule has 0 unspecified atom stereocenters. The van der Waals surface area contributed by atoms with Crippen LogP contribution in [0.2, 0.25) is 0 Å². The molecule has 0 saturated carbocycles. The van der Waals surface area contributed by atoms with E-state index in [0.717, 1.165) is 0 Å². The van der Waals surface area contributed by atoms with Crippen LogP contribution in [0.1, 0.15) is 24.5 Å². The van der Waals surface area contributed by atoms with Crippen LogP contribution in [0.25, 0.3) is 0 Å². The molecule has 2 N–H and O–H groups in total. The molecule has 1 rings (SSSR count). The van der Waals surface area contributed by atoms with E-state index >= 15 is 0 Å². The quantitative estimate of drug-likeness (QED) is 0.735. The van der Waals surface area contributed by atoms with Gasteiger partial charge < -0.3 is 10.0 Å². The summed E-state index contributed by atoms with van der Waals surface area (Å²) in [6, 6.07) is 0. The second-order valence-corrected chi connectivity index (χ2v) is 3.81. The van der Waals surface area contributed by atoms with E-state index in [-0.39, 0.29) is 18.3 Å². The Balaban J connectivity index is 2.75. The molecule has 0 bridgehead atoms. The zero-order chi connectivity index (χ0) is 12.1. The lowest BCUT2D eigenvalue weighted by atomic mass is 10.2. The number of H-pyrrole nitrogens is 1. The number of hydrogen-bond donors (Lipinski definition) is 2. The van der Waals surface area contributed by atoms with E-state index in [0.29, 0.717) is 6.54 Å². The maximum atomic E-state index is 11.8. The number of carbonyl (C=O) groups is 2. The van der Waals surface area contributed by atoms with Crippen molar-refractivity contribution in [3.05, 3.63) is 12.2 Å². The standard InChI is InChI=1S/C9H14N4O3/c1-6(2)3-13(4-7(14)15)9(16)8-10-5-11-12-8/h5-6H,3-4H2,1-2H3,(H,14,15)(H,10,11,12). The van der Waals surface area contributed by atoms with Crippen molar-refractivity contribution in [3.8, 4) is 0 Å². The van der Waals surface area contributed by atoms with Crippen LogP contribution in [-0.4, -0.2) is 50.2 Å². The van der Waals surface area contributed by atoms with Crippen molar-refractivity contribution in [1.82, 2.24) is 20.1 Å². The molecule has 0 fully saturated rings. The first-order chi connectivity index (χ1) is 7.50. The largest absolute Gasteiger partial charge is 0.480 e. The van der Waals surface area contributed by atoms with Crippen LogP contribution < -0.4 is 0 Å². The van der Waals surface area contributed by atoms with Crippen molar-refractivity contribution in [2.24, 2.45) is 5.92 Å². The van der Waals surface area contributed by atoms with E-state index < -0.39 is 11.9 Å². The molecule has 0 saturated heterocycles. The van der Waals surface area contributed by atoms with Gasteiger partial charge in [0.25, 0.3) is 5.91 Å². The first kappa shape index (κ1) is 12.2. The number of aliphatic carboxylic acids is 1. The van der Waals surface area contributed by atoms with Gasteiger partial charge in [-0.15, -0.1) is 0 Å². The first-order valence-corrected chi connectivity index (χ1v) is 4.87. The molecule has 1 aromatic heterocycles. The van der Waals surface area contributed by atoms with E-state index in [9.17, 15) is 9.59 Å². The molecule has 1 heterocycles. The molecular formula is C9H14N4O3. The molecule has 16 heavy (non-hydrogen) atoms. The SMILES string of the molecule is CC(C)CN(CC(=O)O)C(=O)c1ncn[nH]1. The lowest BCUT2D eigenvalue weighted by Gasteiger charge is -2.21. The number of carboxylic acid groups (broad SMARTS) is 1. The highest BCUT2D eigenvalue weighted by atomic mass is 16.4. The van der Waals surface area contributed by atoms with Gasteiger partial charge in [-0.25, -0.2) is 4.98 Å². The van der Waals surface area contributed by atoms with E-state index in [2.05, 4.69) is 15.2 Å². The van der Waals surface area contributed by atoms with Crippen LogP contribution in [0.3, 0.4) is 0 Å². The molecule has 0 aliphatic heterocycles. The summed E-state index contributed by atoms with van der Waals surface area (Å²) in [5.74, 6) is -1.25. The minimum atomic E-state index is -1.05. The van der Waals surface area contributed by atoms with Crippen LogP contribution in [0.4, 0.5) is 0 Å². The summed E-state index contributed by atoms with van der Waals surface area (Å²) in [4.78, 5) is 27.4. The van der Waals surface area contributed by atoms with Crippen molar-refractivity contribution in [2.75, 3.05) is 13.1 Å². The smallest absolute Gasteiger partial charge is 0.323 e. The second kappa shape index (κ2) is 5.24. The Hall–Kier alpha value is -1.92. The van der Waals surface area contributed by atoms with Crippen LogP contribution in [0, 0.1) is 5.92 Å². The molecule has 0 aliphatic rings. The topological polar surface area (TPSA) is 99.2 Å². The van der Waals surface area contributed by atoms with E-state index in [1.165, 1.54) is 11.2 Å². The summed E-state index contributed by atoms with van der Waals surface area (Å²) < 4.78 is 0. The number of amides is 1. The summed E-state index contributed by atoms with van der Waals surface area (Å²) in [5, 5.41) is 14.7. The first-order valence-electron chi connectivity index (χ1n) is 4.87. The fourth-order valence-electron chi connectivity index (χ4n) is 1.28. The number of aromatic nitrogens is 3. The maximum absolute atomic E-state index is 11.8. The van der Waals surface area contributed by atoms with Crippen LogP contribution in [-0.2, 0) is 4.79 Å². The molecular weight excluding hydrogens is 212 g/mol. The zero-order valence-corrected chi connectivity index (χ0v) is 9.17. The molecule has 7 nitrogen and oxygen atoms in total. The van der Waals surface area contributed by atoms with Gasteiger partial charge >= 0.3 is 5.97 Å². The molecule has 0 aromatic carbocycles. The predicted molar refractivity (Wildman–Crippen MR) is 54.8 cm³/mol. The third kappa shape index (κ3) is 3.34. The predicted octanol–water partition coefficient (Wildman–Crippen LogP) is -0.0125. The number of aromatic amines is 1. The maximum Gasteiger partial charge on any atom is 0.323 e. The van der Waals surface area contributed by atoms with Gasteiger partial charge in [0, 0.05) is 6.54 Å². The monoisotopic (exact) mass is 226 g/mol. The highest BCUT2D eigenvalue weighted by Gasteiger charge is 2.21. The third-order valence-electron chi connectivity index (χ3n) is 1.82. The minimum Gasteiger partial charge on any atom is -0.480 e. The fraction of sp³-hybridized carbons (Fsp3) is 0.556. The van der Waals surface area contributed by atoms with Crippen molar-refractivity contribution < 1.29 is 14.7 Å². The number of carbonyl (C=O) groups excluding carboxylic acids is 1. The Kier molecular flexibility index (Phi) is 3.98. The summed E-state index contributed by atoms with van der Waals surface area (Å²) in [6.45, 7) is 3.84. The summed E-state index contributed by atoms with van der Waals surface area (Å²) in [6.07, 6.45) is 1.21. The van der Waals surface area contributed by atoms with Gasteiger partial charge in [0.1, 0.15) is 12.9 Å².